The molecule has 0 saturated heterocycles. The zero-order valence-corrected chi connectivity index (χ0v) is 11.6. The monoisotopic (exact) mass is 273 g/mol. The van der Waals surface area contributed by atoms with Gasteiger partial charge in [0.1, 0.15) is 0 Å². The van der Waals surface area contributed by atoms with Crippen molar-refractivity contribution in [3.8, 4) is 5.69 Å². The first-order valence-corrected chi connectivity index (χ1v) is 6.76. The van der Waals surface area contributed by atoms with Gasteiger partial charge < -0.3 is 10.0 Å². The van der Waals surface area contributed by atoms with E-state index in [9.17, 15) is 4.79 Å². The maximum absolute atomic E-state index is 12.3. The smallest absolute Gasteiger partial charge is 0.257 e. The number of nitrogens with zero attached hydrogens (tertiary/aromatic N) is 3. The highest BCUT2D eigenvalue weighted by Crippen LogP contribution is 2.10. The van der Waals surface area contributed by atoms with Gasteiger partial charge in [-0.3, -0.25) is 4.79 Å². The fraction of sp³-hybridized carbons (Fsp3) is 0.333. The molecular weight excluding hydrogens is 254 g/mol. The van der Waals surface area contributed by atoms with Crippen molar-refractivity contribution in [2.45, 2.75) is 13.3 Å². The molecular formula is C15H19N3O2. The van der Waals surface area contributed by atoms with E-state index in [0.29, 0.717) is 25.1 Å². The van der Waals surface area contributed by atoms with Crippen molar-refractivity contribution >= 4 is 5.91 Å². The Bertz CT molecular complexity index is 551. The summed E-state index contributed by atoms with van der Waals surface area (Å²) in [6.45, 7) is 3.20. The second-order valence-electron chi connectivity index (χ2n) is 4.47. The Labute approximate surface area is 118 Å². The SMILES string of the molecule is CCN(CCCO)C(=O)c1cnn(-c2ccccc2)c1. The van der Waals surface area contributed by atoms with Crippen LogP contribution >= 0.6 is 0 Å². The second-order valence-corrected chi connectivity index (χ2v) is 4.47. The highest BCUT2D eigenvalue weighted by atomic mass is 16.3. The van der Waals surface area contributed by atoms with Gasteiger partial charge in [0.15, 0.2) is 0 Å². The number of hydrogen-bond acceptors (Lipinski definition) is 3. The summed E-state index contributed by atoms with van der Waals surface area (Å²) in [6, 6.07) is 9.66. The Kier molecular flexibility index (Phi) is 4.90. The zero-order chi connectivity index (χ0) is 14.4. The topological polar surface area (TPSA) is 58.4 Å². The summed E-state index contributed by atoms with van der Waals surface area (Å²) in [5.74, 6) is -0.0527. The first-order chi connectivity index (χ1) is 9.76. The minimum atomic E-state index is -0.0527. The normalized spacial score (nSPS) is 10.5. The Morgan fingerprint density at radius 3 is 2.75 bits per heavy atom. The van der Waals surface area contributed by atoms with E-state index in [1.807, 2.05) is 37.3 Å². The van der Waals surface area contributed by atoms with E-state index in [1.165, 1.54) is 0 Å². The third-order valence-corrected chi connectivity index (χ3v) is 3.11. The van der Waals surface area contributed by atoms with Crippen LogP contribution < -0.4 is 0 Å². The summed E-state index contributed by atoms with van der Waals surface area (Å²) in [5.41, 5.74) is 1.48. The molecule has 0 aliphatic heterocycles. The van der Waals surface area contributed by atoms with Crippen molar-refractivity contribution in [1.82, 2.24) is 14.7 Å². The number of aromatic nitrogens is 2. The van der Waals surface area contributed by atoms with Gasteiger partial charge in [-0.1, -0.05) is 18.2 Å². The lowest BCUT2D eigenvalue weighted by Crippen LogP contribution is -2.32. The summed E-state index contributed by atoms with van der Waals surface area (Å²) in [5, 5.41) is 13.1. The lowest BCUT2D eigenvalue weighted by Gasteiger charge is -2.19. The third-order valence-electron chi connectivity index (χ3n) is 3.11. The lowest BCUT2D eigenvalue weighted by molar-refractivity contribution is 0.0754. The summed E-state index contributed by atoms with van der Waals surface area (Å²) in [4.78, 5) is 14.0. The van der Waals surface area contributed by atoms with E-state index in [-0.39, 0.29) is 12.5 Å². The van der Waals surface area contributed by atoms with Gasteiger partial charge in [0.25, 0.3) is 5.91 Å². The first kappa shape index (κ1) is 14.3. The van der Waals surface area contributed by atoms with E-state index in [4.69, 9.17) is 5.11 Å². The molecule has 0 aliphatic rings. The number of para-hydroxylation sites is 1. The van der Waals surface area contributed by atoms with Crippen LogP contribution in [-0.4, -0.2) is 45.4 Å². The lowest BCUT2D eigenvalue weighted by atomic mass is 10.3. The van der Waals surface area contributed by atoms with Crippen molar-refractivity contribution in [1.29, 1.82) is 0 Å². The highest BCUT2D eigenvalue weighted by molar-refractivity contribution is 5.93. The molecule has 20 heavy (non-hydrogen) atoms. The predicted octanol–water partition coefficient (Wildman–Crippen LogP) is 1.72. The zero-order valence-electron chi connectivity index (χ0n) is 11.6. The first-order valence-electron chi connectivity index (χ1n) is 6.76. The summed E-state index contributed by atoms with van der Waals surface area (Å²) in [7, 11) is 0. The van der Waals surface area contributed by atoms with Crippen LogP contribution in [0.4, 0.5) is 0 Å². The Hall–Kier alpha value is -2.14. The van der Waals surface area contributed by atoms with E-state index in [2.05, 4.69) is 5.10 Å². The van der Waals surface area contributed by atoms with Crippen molar-refractivity contribution in [2.75, 3.05) is 19.7 Å². The van der Waals surface area contributed by atoms with Crippen LogP contribution in [0.25, 0.3) is 5.69 Å². The maximum Gasteiger partial charge on any atom is 0.257 e. The van der Waals surface area contributed by atoms with Gasteiger partial charge in [-0.15, -0.1) is 0 Å². The van der Waals surface area contributed by atoms with Crippen LogP contribution in [0.3, 0.4) is 0 Å². The average molecular weight is 273 g/mol. The summed E-state index contributed by atoms with van der Waals surface area (Å²) >= 11 is 0. The number of carbonyl (C=O) groups excluding carboxylic acids is 1. The molecule has 1 aromatic carbocycles. The molecule has 0 spiro atoms. The molecule has 0 aliphatic carbocycles. The second kappa shape index (κ2) is 6.86. The minimum Gasteiger partial charge on any atom is -0.396 e. The summed E-state index contributed by atoms with van der Waals surface area (Å²) < 4.78 is 1.69. The van der Waals surface area contributed by atoms with Gasteiger partial charge in [-0.2, -0.15) is 5.10 Å². The standard InChI is InChI=1S/C15H19N3O2/c1-2-17(9-6-10-19)15(20)13-11-16-18(12-13)14-7-4-3-5-8-14/h3-5,7-8,11-12,19H,2,6,9-10H2,1H3. The summed E-state index contributed by atoms with van der Waals surface area (Å²) in [6.07, 6.45) is 3.91. The molecule has 0 unspecified atom stereocenters. The van der Waals surface area contributed by atoms with Crippen LogP contribution in [0.5, 0.6) is 0 Å². The number of aliphatic hydroxyl groups excluding tert-OH is 1. The number of hydrogen-bond donors (Lipinski definition) is 1. The van der Waals surface area contributed by atoms with E-state index >= 15 is 0 Å². The van der Waals surface area contributed by atoms with E-state index in [1.54, 1.807) is 22.0 Å². The third kappa shape index (κ3) is 3.24. The Balaban J connectivity index is 2.13. The van der Waals surface area contributed by atoms with Gasteiger partial charge in [-0.25, -0.2) is 4.68 Å². The van der Waals surface area contributed by atoms with Crippen molar-refractivity contribution < 1.29 is 9.90 Å². The van der Waals surface area contributed by atoms with Crippen molar-refractivity contribution in [3.05, 3.63) is 48.3 Å². The molecule has 2 rings (SSSR count). The van der Waals surface area contributed by atoms with Crippen molar-refractivity contribution in [2.24, 2.45) is 0 Å². The molecule has 1 aromatic heterocycles. The number of rotatable bonds is 6. The molecule has 0 radical (unpaired) electrons. The highest BCUT2D eigenvalue weighted by Gasteiger charge is 2.15. The molecule has 1 N–H and O–H groups in total. The molecule has 2 aromatic rings. The van der Waals surface area contributed by atoms with Crippen LogP contribution in [0.15, 0.2) is 42.7 Å². The van der Waals surface area contributed by atoms with Crippen LogP contribution in [0, 0.1) is 0 Å². The number of aliphatic hydroxyl groups is 1. The number of amides is 1. The largest absolute Gasteiger partial charge is 0.396 e. The molecule has 0 atom stereocenters. The quantitative estimate of drug-likeness (QED) is 0.871. The molecule has 1 amide bonds. The van der Waals surface area contributed by atoms with Gasteiger partial charge in [0, 0.05) is 25.9 Å². The van der Waals surface area contributed by atoms with Crippen LogP contribution in [-0.2, 0) is 0 Å². The van der Waals surface area contributed by atoms with Gasteiger partial charge in [0.05, 0.1) is 17.4 Å². The molecule has 5 nitrogen and oxygen atoms in total. The van der Waals surface area contributed by atoms with Gasteiger partial charge >= 0.3 is 0 Å². The predicted molar refractivity (Wildman–Crippen MR) is 76.8 cm³/mol. The fourth-order valence-electron chi connectivity index (χ4n) is 2.00. The van der Waals surface area contributed by atoms with Gasteiger partial charge in [-0.05, 0) is 25.5 Å². The molecule has 0 bridgehead atoms. The molecule has 1 heterocycles. The maximum atomic E-state index is 12.3. The number of benzene rings is 1. The average Bonchev–Trinajstić information content (AvgIpc) is 2.98. The van der Waals surface area contributed by atoms with E-state index in [0.717, 1.165) is 5.69 Å². The molecule has 0 fully saturated rings. The molecule has 5 heteroatoms. The van der Waals surface area contributed by atoms with Crippen LogP contribution in [0.1, 0.15) is 23.7 Å². The van der Waals surface area contributed by atoms with Gasteiger partial charge in [0.2, 0.25) is 0 Å². The Morgan fingerprint density at radius 1 is 1.35 bits per heavy atom. The fourth-order valence-corrected chi connectivity index (χ4v) is 2.00. The Morgan fingerprint density at radius 2 is 2.10 bits per heavy atom. The van der Waals surface area contributed by atoms with Crippen molar-refractivity contribution in [3.63, 3.8) is 0 Å². The molecule has 0 saturated carbocycles. The molecule has 106 valence electrons. The van der Waals surface area contributed by atoms with E-state index < -0.39 is 0 Å². The number of carbonyl (C=O) groups is 1. The minimum absolute atomic E-state index is 0.0527. The van der Waals surface area contributed by atoms with Crippen LogP contribution in [0.2, 0.25) is 0 Å².